The predicted octanol–water partition coefficient (Wildman–Crippen LogP) is 5.12. The van der Waals surface area contributed by atoms with Crippen LogP contribution in [-0.2, 0) is 9.53 Å². The van der Waals surface area contributed by atoms with E-state index in [2.05, 4.69) is 47.6 Å². The van der Waals surface area contributed by atoms with Crippen molar-refractivity contribution in [1.29, 1.82) is 0 Å². The summed E-state index contributed by atoms with van der Waals surface area (Å²) in [6.07, 6.45) is 6.12. The number of fused-ring (bicyclic) bond motifs is 5. The number of aliphatic hydroxyl groups excluding tert-OH is 3. The minimum atomic E-state index is -0.774. The molecule has 4 rings (SSSR count). The van der Waals surface area contributed by atoms with E-state index in [9.17, 15) is 20.1 Å². The number of hydrogen-bond acceptors (Lipinski definition) is 5. The van der Waals surface area contributed by atoms with Gasteiger partial charge >= 0.3 is 5.97 Å². The zero-order valence-electron chi connectivity index (χ0n) is 23.0. The van der Waals surface area contributed by atoms with Crippen LogP contribution in [0.5, 0.6) is 0 Å². The summed E-state index contributed by atoms with van der Waals surface area (Å²) < 4.78 is 6.04. The van der Waals surface area contributed by atoms with Gasteiger partial charge in [0.25, 0.3) is 0 Å². The molecular formula is C30H50O5. The van der Waals surface area contributed by atoms with Crippen LogP contribution in [0.15, 0.2) is 11.6 Å². The summed E-state index contributed by atoms with van der Waals surface area (Å²) in [5.74, 6) is 1.55. The lowest BCUT2D eigenvalue weighted by atomic mass is 9.45. The highest BCUT2D eigenvalue weighted by molar-refractivity contribution is 5.66. The third-order valence-corrected chi connectivity index (χ3v) is 11.4. The second-order valence-electron chi connectivity index (χ2n) is 13.6. The standard InChI is InChI=1S/C30H50O5/c1-16(2)17(3)8-9-18(4)25-24(33)15-23-22-11-10-20-14-21(32)12-13-29(20,6)26(22)27(34)28(30(23,25)7)35-19(5)31/h10,16-18,21-28,32-34H,8-9,11-15H2,1-7H3/t17?,18?,21-,22-,23-,24?,25-,26+,27+,28+,29-,30-/m0/s1. The minimum absolute atomic E-state index is 0.0156. The molecule has 200 valence electrons. The maximum absolute atomic E-state index is 12.4. The summed E-state index contributed by atoms with van der Waals surface area (Å²) in [4.78, 5) is 12.4. The number of carbonyl (C=O) groups is 1. The van der Waals surface area contributed by atoms with Gasteiger partial charge < -0.3 is 20.1 Å². The van der Waals surface area contributed by atoms with Gasteiger partial charge in [-0.2, -0.15) is 0 Å². The van der Waals surface area contributed by atoms with Crippen LogP contribution < -0.4 is 0 Å². The first-order chi connectivity index (χ1) is 16.3. The van der Waals surface area contributed by atoms with Gasteiger partial charge in [0, 0.05) is 18.3 Å². The number of rotatable bonds is 6. The topological polar surface area (TPSA) is 87.0 Å². The van der Waals surface area contributed by atoms with Gasteiger partial charge in [-0.1, -0.05) is 66.0 Å². The first kappa shape index (κ1) is 27.1. The van der Waals surface area contributed by atoms with Crippen LogP contribution in [0.25, 0.3) is 0 Å². The Balaban J connectivity index is 1.71. The van der Waals surface area contributed by atoms with Gasteiger partial charge in [-0.05, 0) is 73.0 Å². The highest BCUT2D eigenvalue weighted by Crippen LogP contribution is 2.68. The molecule has 3 saturated carbocycles. The Morgan fingerprint density at radius 3 is 2.46 bits per heavy atom. The molecule has 3 N–H and O–H groups in total. The Bertz CT molecular complexity index is 822. The zero-order chi connectivity index (χ0) is 25.9. The third kappa shape index (κ3) is 4.42. The molecule has 4 aliphatic carbocycles. The van der Waals surface area contributed by atoms with Gasteiger partial charge in [-0.15, -0.1) is 0 Å². The molecule has 0 bridgehead atoms. The van der Waals surface area contributed by atoms with Crippen molar-refractivity contribution in [2.24, 2.45) is 52.3 Å². The van der Waals surface area contributed by atoms with Crippen molar-refractivity contribution in [2.45, 2.75) is 118 Å². The molecule has 3 unspecified atom stereocenters. The van der Waals surface area contributed by atoms with Crippen LogP contribution in [0, 0.1) is 52.3 Å². The number of ether oxygens (including phenoxy) is 1. The highest BCUT2D eigenvalue weighted by Gasteiger charge is 2.69. The quantitative estimate of drug-likeness (QED) is 0.355. The van der Waals surface area contributed by atoms with Crippen molar-refractivity contribution in [3.63, 3.8) is 0 Å². The fourth-order valence-corrected chi connectivity index (χ4v) is 9.18. The van der Waals surface area contributed by atoms with E-state index in [1.807, 2.05) is 0 Å². The largest absolute Gasteiger partial charge is 0.459 e. The van der Waals surface area contributed by atoms with Crippen molar-refractivity contribution >= 4 is 5.97 Å². The Hall–Kier alpha value is -0.910. The molecular weight excluding hydrogens is 440 g/mol. The lowest BCUT2D eigenvalue weighted by Gasteiger charge is -2.62. The molecule has 12 atom stereocenters. The average molecular weight is 491 g/mol. The SMILES string of the molecule is CC(=O)O[C@@H]1[C@H](O)[C@H]2[C@@H](CC=C3C[C@@H](O)CC[C@@]32C)[C@@H]2CC(O)[C@H](C(C)CCC(C)C(C)C)[C@@]12C. The number of allylic oxidation sites excluding steroid dienone is 1. The first-order valence-electron chi connectivity index (χ1n) is 14.2. The molecule has 35 heavy (non-hydrogen) atoms. The molecule has 4 aliphatic rings. The van der Waals surface area contributed by atoms with Crippen molar-refractivity contribution in [1.82, 2.24) is 0 Å². The Kier molecular flexibility index (Phi) is 7.57. The van der Waals surface area contributed by atoms with Crippen molar-refractivity contribution in [2.75, 3.05) is 0 Å². The van der Waals surface area contributed by atoms with Gasteiger partial charge in [0.2, 0.25) is 0 Å². The molecule has 0 saturated heterocycles. The van der Waals surface area contributed by atoms with E-state index in [-0.39, 0.29) is 47.1 Å². The van der Waals surface area contributed by atoms with E-state index >= 15 is 0 Å². The number of esters is 1. The van der Waals surface area contributed by atoms with Gasteiger partial charge in [-0.25, -0.2) is 0 Å². The molecule has 0 spiro atoms. The summed E-state index contributed by atoms with van der Waals surface area (Å²) in [7, 11) is 0. The maximum Gasteiger partial charge on any atom is 0.303 e. The first-order valence-corrected chi connectivity index (χ1v) is 14.2. The van der Waals surface area contributed by atoms with Crippen molar-refractivity contribution in [3.05, 3.63) is 11.6 Å². The minimum Gasteiger partial charge on any atom is -0.459 e. The van der Waals surface area contributed by atoms with Crippen molar-refractivity contribution < 1.29 is 24.9 Å². The second-order valence-corrected chi connectivity index (χ2v) is 13.6. The molecule has 3 fully saturated rings. The Morgan fingerprint density at radius 2 is 1.83 bits per heavy atom. The smallest absolute Gasteiger partial charge is 0.303 e. The summed E-state index contributed by atoms with van der Waals surface area (Å²) in [6.45, 7) is 15.0. The van der Waals surface area contributed by atoms with Crippen LogP contribution >= 0.6 is 0 Å². The maximum atomic E-state index is 12.4. The second kappa shape index (κ2) is 9.76. The van der Waals surface area contributed by atoms with Gasteiger partial charge in [0.15, 0.2) is 0 Å². The summed E-state index contributed by atoms with van der Waals surface area (Å²) >= 11 is 0. The third-order valence-electron chi connectivity index (χ3n) is 11.4. The van der Waals surface area contributed by atoms with Gasteiger partial charge in [0.1, 0.15) is 6.10 Å². The molecule has 0 aromatic heterocycles. The van der Waals surface area contributed by atoms with Crippen LogP contribution in [0.3, 0.4) is 0 Å². The van der Waals surface area contributed by atoms with Gasteiger partial charge in [0.05, 0.1) is 18.3 Å². The lowest BCUT2D eigenvalue weighted by Crippen LogP contribution is -2.65. The number of carbonyl (C=O) groups excluding carboxylic acids is 1. The van der Waals surface area contributed by atoms with Crippen LogP contribution in [0.2, 0.25) is 0 Å². The molecule has 5 heteroatoms. The summed E-state index contributed by atoms with van der Waals surface area (Å²) in [5.41, 5.74) is 0.581. The van der Waals surface area contributed by atoms with E-state index in [4.69, 9.17) is 4.74 Å². The molecule has 0 aromatic rings. The van der Waals surface area contributed by atoms with E-state index in [1.165, 1.54) is 12.5 Å². The van der Waals surface area contributed by atoms with Crippen LogP contribution in [0.1, 0.15) is 93.4 Å². The lowest BCUT2D eigenvalue weighted by molar-refractivity contribution is -0.222. The van der Waals surface area contributed by atoms with Crippen LogP contribution in [0.4, 0.5) is 0 Å². The normalized spacial score (nSPS) is 46.8. The number of hydrogen-bond donors (Lipinski definition) is 3. The molecule has 0 radical (unpaired) electrons. The Morgan fingerprint density at radius 1 is 1.14 bits per heavy atom. The molecule has 5 nitrogen and oxygen atoms in total. The monoisotopic (exact) mass is 490 g/mol. The van der Waals surface area contributed by atoms with E-state index in [1.54, 1.807) is 0 Å². The Labute approximate surface area is 212 Å². The van der Waals surface area contributed by atoms with E-state index in [0.717, 1.165) is 32.1 Å². The molecule has 0 amide bonds. The highest BCUT2D eigenvalue weighted by atomic mass is 16.6. The fraction of sp³-hybridized carbons (Fsp3) is 0.900. The average Bonchev–Trinajstić information content (AvgIpc) is 3.05. The molecule has 0 aliphatic heterocycles. The predicted molar refractivity (Wildman–Crippen MR) is 137 cm³/mol. The molecule has 0 aromatic carbocycles. The van der Waals surface area contributed by atoms with E-state index in [0.29, 0.717) is 24.7 Å². The summed E-state index contributed by atoms with van der Waals surface area (Å²) in [5, 5.41) is 33.9. The molecule has 0 heterocycles. The van der Waals surface area contributed by atoms with Crippen molar-refractivity contribution in [3.8, 4) is 0 Å². The fourth-order valence-electron chi connectivity index (χ4n) is 9.18. The number of aliphatic hydroxyl groups is 3. The van der Waals surface area contributed by atoms with E-state index < -0.39 is 23.7 Å². The van der Waals surface area contributed by atoms with Gasteiger partial charge in [-0.3, -0.25) is 4.79 Å². The van der Waals surface area contributed by atoms with Crippen LogP contribution in [-0.4, -0.2) is 45.7 Å². The summed E-state index contributed by atoms with van der Waals surface area (Å²) in [6, 6.07) is 0. The zero-order valence-corrected chi connectivity index (χ0v) is 23.0.